The molecular weight excluding hydrogens is 651 g/mol. The molecule has 0 atom stereocenters. The Bertz CT molecular complexity index is 2690. The van der Waals surface area contributed by atoms with Gasteiger partial charge in [0.2, 0.25) is 0 Å². The van der Waals surface area contributed by atoms with E-state index < -0.39 is 0 Å². The minimum atomic E-state index is -0.161. The summed E-state index contributed by atoms with van der Waals surface area (Å²) >= 11 is 0. The summed E-state index contributed by atoms with van der Waals surface area (Å²) in [6.07, 6.45) is 0. The third-order valence-corrected chi connectivity index (χ3v) is 10.4. The number of hydrogen-bond donors (Lipinski definition) is 0. The normalized spacial score (nSPS) is 13.2. The van der Waals surface area contributed by atoms with Gasteiger partial charge in [-0.1, -0.05) is 159 Å². The number of fused-ring (bicyclic) bond motifs is 5. The first-order chi connectivity index (χ1) is 26.0. The average molecular weight is 684 g/mol. The number of benzene rings is 7. The van der Waals surface area contributed by atoms with E-state index in [0.717, 1.165) is 38.9 Å². The number of ether oxygens (including phenoxy) is 2. The zero-order valence-electron chi connectivity index (χ0n) is 29.2. The van der Waals surface area contributed by atoms with Gasteiger partial charge in [0.1, 0.15) is 0 Å². The molecule has 0 bridgehead atoms. The Labute approximate surface area is 308 Å². The predicted molar refractivity (Wildman–Crippen MR) is 211 cm³/mol. The van der Waals surface area contributed by atoms with Gasteiger partial charge in [-0.2, -0.15) is 0 Å². The van der Waals surface area contributed by atoms with Crippen molar-refractivity contribution in [3.63, 3.8) is 0 Å². The second-order valence-electron chi connectivity index (χ2n) is 14.0. The molecule has 0 N–H and O–H groups in total. The van der Waals surface area contributed by atoms with Gasteiger partial charge in [-0.15, -0.1) is 0 Å². The molecule has 0 amide bonds. The van der Waals surface area contributed by atoms with E-state index in [1.54, 1.807) is 0 Å². The summed E-state index contributed by atoms with van der Waals surface area (Å²) in [7, 11) is 0. The number of hydrogen-bond acceptors (Lipinski definition) is 5. The van der Waals surface area contributed by atoms with E-state index in [4.69, 9.17) is 24.4 Å². The fraction of sp³-hybridized carbons (Fsp3) is 0.0625. The van der Waals surface area contributed by atoms with Crippen molar-refractivity contribution < 1.29 is 9.47 Å². The smallest absolute Gasteiger partial charge is 0.177 e. The fourth-order valence-corrected chi connectivity index (χ4v) is 7.71. The Morgan fingerprint density at radius 2 is 0.887 bits per heavy atom. The summed E-state index contributed by atoms with van der Waals surface area (Å²) in [6, 6.07) is 56.0. The van der Waals surface area contributed by atoms with Gasteiger partial charge in [-0.25, -0.2) is 15.0 Å². The summed E-state index contributed by atoms with van der Waals surface area (Å²) in [5, 5.41) is 0. The molecular formula is C48H33N3O2. The first kappa shape index (κ1) is 30.9. The minimum Gasteiger partial charge on any atom is -0.449 e. The van der Waals surface area contributed by atoms with Gasteiger partial charge in [-0.3, -0.25) is 0 Å². The van der Waals surface area contributed by atoms with E-state index in [-0.39, 0.29) is 5.41 Å². The second kappa shape index (κ2) is 12.1. The Morgan fingerprint density at radius 3 is 1.62 bits per heavy atom. The highest BCUT2D eigenvalue weighted by atomic mass is 16.6. The van der Waals surface area contributed by atoms with Crippen molar-refractivity contribution in [3.8, 4) is 90.5 Å². The molecule has 1 aliphatic heterocycles. The number of nitrogens with zero attached hydrogens (tertiary/aromatic N) is 3. The van der Waals surface area contributed by atoms with Crippen LogP contribution in [0.5, 0.6) is 23.0 Å². The van der Waals surface area contributed by atoms with Crippen LogP contribution in [0.3, 0.4) is 0 Å². The zero-order valence-corrected chi connectivity index (χ0v) is 29.2. The molecule has 2 aliphatic rings. The van der Waals surface area contributed by atoms with Crippen molar-refractivity contribution in [1.29, 1.82) is 0 Å². The Kier molecular flexibility index (Phi) is 7.08. The molecule has 0 unspecified atom stereocenters. The highest BCUT2D eigenvalue weighted by Crippen LogP contribution is 2.56. The number of aromatic nitrogens is 3. The van der Waals surface area contributed by atoms with E-state index in [0.29, 0.717) is 40.5 Å². The summed E-state index contributed by atoms with van der Waals surface area (Å²) in [5.41, 5.74) is 11.6. The molecule has 252 valence electrons. The van der Waals surface area contributed by atoms with Crippen LogP contribution in [0.25, 0.3) is 67.5 Å². The van der Waals surface area contributed by atoms with Crippen LogP contribution < -0.4 is 9.47 Å². The van der Waals surface area contributed by atoms with Crippen molar-refractivity contribution in [1.82, 2.24) is 15.0 Å². The van der Waals surface area contributed by atoms with E-state index in [1.807, 2.05) is 60.7 Å². The van der Waals surface area contributed by atoms with Crippen molar-refractivity contribution in [2.24, 2.45) is 0 Å². The van der Waals surface area contributed by atoms with Crippen LogP contribution in [0.2, 0.25) is 0 Å². The first-order valence-corrected chi connectivity index (χ1v) is 17.9. The molecule has 2 heterocycles. The minimum absolute atomic E-state index is 0.161. The molecule has 1 aliphatic carbocycles. The summed E-state index contributed by atoms with van der Waals surface area (Å²) in [6.45, 7) is 4.54. The molecule has 7 aromatic carbocycles. The van der Waals surface area contributed by atoms with Gasteiger partial charge >= 0.3 is 0 Å². The van der Waals surface area contributed by atoms with Gasteiger partial charge < -0.3 is 9.47 Å². The molecule has 5 heteroatoms. The molecule has 1 aromatic heterocycles. The third-order valence-electron chi connectivity index (χ3n) is 10.4. The second-order valence-corrected chi connectivity index (χ2v) is 14.0. The van der Waals surface area contributed by atoms with E-state index in [9.17, 15) is 0 Å². The summed E-state index contributed by atoms with van der Waals surface area (Å²) < 4.78 is 13.4. The van der Waals surface area contributed by atoms with Gasteiger partial charge in [-0.05, 0) is 57.1 Å². The van der Waals surface area contributed by atoms with Gasteiger partial charge in [0.15, 0.2) is 40.5 Å². The molecule has 5 nitrogen and oxygen atoms in total. The molecule has 0 saturated carbocycles. The van der Waals surface area contributed by atoms with Gasteiger partial charge in [0.05, 0.1) is 0 Å². The zero-order chi connectivity index (χ0) is 35.5. The topological polar surface area (TPSA) is 57.1 Å². The SMILES string of the molecule is CC1(C)c2ccccc2-c2cc3c(cc21)Oc1c(cccc1-c1ccccc1-c1nc(-c2ccccc2)nc(-c2ccc(-c4ccccc4)cc2)n1)O3. The Balaban J connectivity index is 1.08. The largest absolute Gasteiger partial charge is 0.449 e. The lowest BCUT2D eigenvalue weighted by Gasteiger charge is -2.26. The molecule has 0 radical (unpaired) electrons. The van der Waals surface area contributed by atoms with Gasteiger partial charge in [0, 0.05) is 27.7 Å². The van der Waals surface area contributed by atoms with Gasteiger partial charge in [0.25, 0.3) is 0 Å². The standard InChI is InChI=1S/C48H33N3O2/c1-48(2)39-22-12-11-19-35(39)38-28-42-43(29-40(38)48)53-44-36(21-13-23-41(44)52-42)34-18-9-10-20-37(34)47-50-45(32-16-7-4-8-17-32)49-46(51-47)33-26-24-31(25-27-33)30-14-5-3-6-15-30/h3-29H,1-2H3. The maximum atomic E-state index is 6.83. The van der Waals surface area contributed by atoms with Crippen LogP contribution in [0.15, 0.2) is 164 Å². The van der Waals surface area contributed by atoms with Crippen LogP contribution in [0, 0.1) is 0 Å². The van der Waals surface area contributed by atoms with Crippen molar-refractivity contribution in [2.75, 3.05) is 0 Å². The van der Waals surface area contributed by atoms with E-state index in [2.05, 4.69) is 117 Å². The Morgan fingerprint density at radius 1 is 0.358 bits per heavy atom. The summed E-state index contributed by atoms with van der Waals surface area (Å²) in [4.78, 5) is 15.2. The number of rotatable bonds is 5. The fourth-order valence-electron chi connectivity index (χ4n) is 7.71. The highest BCUT2D eigenvalue weighted by molar-refractivity contribution is 5.88. The molecule has 10 rings (SSSR count). The quantitative estimate of drug-likeness (QED) is 0.181. The lowest BCUT2D eigenvalue weighted by atomic mass is 9.82. The predicted octanol–water partition coefficient (Wildman–Crippen LogP) is 12.4. The molecule has 8 aromatic rings. The molecule has 53 heavy (non-hydrogen) atoms. The third kappa shape index (κ3) is 5.20. The molecule has 0 spiro atoms. The van der Waals surface area contributed by atoms with Crippen molar-refractivity contribution in [2.45, 2.75) is 19.3 Å². The van der Waals surface area contributed by atoms with Crippen LogP contribution in [-0.4, -0.2) is 15.0 Å². The van der Waals surface area contributed by atoms with Crippen molar-refractivity contribution in [3.05, 3.63) is 175 Å². The van der Waals surface area contributed by atoms with Crippen LogP contribution in [0.4, 0.5) is 0 Å². The van der Waals surface area contributed by atoms with Crippen LogP contribution >= 0.6 is 0 Å². The van der Waals surface area contributed by atoms with Crippen LogP contribution in [-0.2, 0) is 5.41 Å². The lowest BCUT2D eigenvalue weighted by molar-refractivity contribution is 0.360. The lowest BCUT2D eigenvalue weighted by Crippen LogP contribution is -2.15. The first-order valence-electron chi connectivity index (χ1n) is 17.9. The highest BCUT2D eigenvalue weighted by Gasteiger charge is 2.37. The average Bonchev–Trinajstić information content (AvgIpc) is 3.44. The maximum absolute atomic E-state index is 6.83. The van der Waals surface area contributed by atoms with E-state index >= 15 is 0 Å². The molecule has 0 fully saturated rings. The summed E-state index contributed by atoms with van der Waals surface area (Å²) in [5.74, 6) is 4.52. The monoisotopic (exact) mass is 683 g/mol. The van der Waals surface area contributed by atoms with Crippen LogP contribution in [0.1, 0.15) is 25.0 Å². The van der Waals surface area contributed by atoms with Crippen molar-refractivity contribution >= 4 is 0 Å². The number of para-hydroxylation sites is 1. The Hall–Kier alpha value is -6.85. The molecule has 0 saturated heterocycles. The van der Waals surface area contributed by atoms with E-state index in [1.165, 1.54) is 22.3 Å². The maximum Gasteiger partial charge on any atom is 0.177 e.